The standard InChI is InChI=1S/C15H18FNO3/c1-15(2,3)20-14(19)17-8-4-5-11-6-7-13(16)12(9-11)10-18/h6-7,9,18H,8,10H2,1-3H3,(H,17,19). The highest BCUT2D eigenvalue weighted by molar-refractivity contribution is 5.68. The van der Waals surface area contributed by atoms with Crippen LogP contribution >= 0.6 is 0 Å². The fourth-order valence-corrected chi connectivity index (χ4v) is 1.35. The number of carbonyl (C=O) groups excluding carboxylic acids is 1. The lowest BCUT2D eigenvalue weighted by molar-refractivity contribution is 0.0535. The summed E-state index contributed by atoms with van der Waals surface area (Å²) in [6.07, 6.45) is -0.540. The fourth-order valence-electron chi connectivity index (χ4n) is 1.35. The smallest absolute Gasteiger partial charge is 0.408 e. The second-order valence-electron chi connectivity index (χ2n) is 5.12. The number of carbonyl (C=O) groups is 1. The molecule has 1 rings (SSSR count). The highest BCUT2D eigenvalue weighted by atomic mass is 19.1. The van der Waals surface area contributed by atoms with E-state index in [2.05, 4.69) is 17.2 Å². The van der Waals surface area contributed by atoms with Gasteiger partial charge in [0.15, 0.2) is 0 Å². The molecule has 0 atom stereocenters. The third-order valence-electron chi connectivity index (χ3n) is 2.17. The molecule has 0 unspecified atom stereocenters. The number of alkyl carbamates (subject to hydrolysis) is 1. The maximum atomic E-state index is 13.1. The molecule has 1 amide bonds. The Kier molecular flexibility index (Phi) is 5.53. The Morgan fingerprint density at radius 1 is 1.45 bits per heavy atom. The molecule has 0 aliphatic rings. The molecular formula is C15H18FNO3. The average molecular weight is 279 g/mol. The summed E-state index contributed by atoms with van der Waals surface area (Å²) >= 11 is 0. The van der Waals surface area contributed by atoms with Crippen molar-refractivity contribution in [3.63, 3.8) is 0 Å². The molecule has 1 aromatic carbocycles. The molecule has 108 valence electrons. The lowest BCUT2D eigenvalue weighted by Gasteiger charge is -2.18. The number of hydrogen-bond donors (Lipinski definition) is 2. The van der Waals surface area contributed by atoms with Gasteiger partial charge in [0.1, 0.15) is 11.4 Å². The van der Waals surface area contributed by atoms with Gasteiger partial charge >= 0.3 is 6.09 Å². The van der Waals surface area contributed by atoms with E-state index in [9.17, 15) is 9.18 Å². The summed E-state index contributed by atoms with van der Waals surface area (Å²) in [6, 6.07) is 4.22. The maximum absolute atomic E-state index is 13.1. The summed E-state index contributed by atoms with van der Waals surface area (Å²) in [5, 5.41) is 11.4. The van der Waals surface area contributed by atoms with Gasteiger partial charge in [-0.1, -0.05) is 11.8 Å². The molecule has 2 N–H and O–H groups in total. The van der Waals surface area contributed by atoms with Crippen LogP contribution in [0.5, 0.6) is 0 Å². The van der Waals surface area contributed by atoms with Crippen molar-refractivity contribution >= 4 is 6.09 Å². The zero-order valence-electron chi connectivity index (χ0n) is 11.8. The van der Waals surface area contributed by atoms with Gasteiger partial charge in [-0.25, -0.2) is 9.18 Å². The first-order chi connectivity index (χ1) is 9.31. The normalized spacial score (nSPS) is 10.4. The number of aliphatic hydroxyl groups excluding tert-OH is 1. The van der Waals surface area contributed by atoms with Crippen molar-refractivity contribution in [3.8, 4) is 11.8 Å². The Balaban J connectivity index is 2.53. The Hall–Kier alpha value is -2.06. The number of hydrogen-bond acceptors (Lipinski definition) is 3. The summed E-state index contributed by atoms with van der Waals surface area (Å²) in [7, 11) is 0. The average Bonchev–Trinajstić information content (AvgIpc) is 2.34. The molecule has 5 heteroatoms. The molecule has 0 bridgehead atoms. The van der Waals surface area contributed by atoms with Crippen molar-refractivity contribution < 1.29 is 19.0 Å². The summed E-state index contributed by atoms with van der Waals surface area (Å²) in [6.45, 7) is 5.06. The number of nitrogens with one attached hydrogen (secondary N) is 1. The van der Waals surface area contributed by atoms with Gasteiger partial charge < -0.3 is 15.2 Å². The Morgan fingerprint density at radius 3 is 2.75 bits per heavy atom. The van der Waals surface area contributed by atoms with E-state index in [1.54, 1.807) is 20.8 Å². The molecule has 0 saturated carbocycles. The molecule has 20 heavy (non-hydrogen) atoms. The first kappa shape index (κ1) is 16.0. The monoisotopic (exact) mass is 279 g/mol. The predicted octanol–water partition coefficient (Wildman–Crippen LogP) is 2.19. The summed E-state index contributed by atoms with van der Waals surface area (Å²) in [4.78, 5) is 11.3. The highest BCUT2D eigenvalue weighted by Crippen LogP contribution is 2.09. The van der Waals surface area contributed by atoms with Crippen LogP contribution in [-0.4, -0.2) is 23.3 Å². The van der Waals surface area contributed by atoms with Crippen LogP contribution in [0.2, 0.25) is 0 Å². The zero-order valence-corrected chi connectivity index (χ0v) is 11.8. The SMILES string of the molecule is CC(C)(C)OC(=O)NCC#Cc1ccc(F)c(CO)c1. The van der Waals surface area contributed by atoms with E-state index in [0.717, 1.165) is 0 Å². The number of ether oxygens (including phenoxy) is 1. The number of halogens is 1. The first-order valence-electron chi connectivity index (χ1n) is 6.17. The van der Waals surface area contributed by atoms with Crippen LogP contribution in [0.25, 0.3) is 0 Å². The van der Waals surface area contributed by atoms with E-state index < -0.39 is 17.5 Å². The Labute approximate surface area is 117 Å². The summed E-state index contributed by atoms with van der Waals surface area (Å²) in [5.74, 6) is 5.02. The Morgan fingerprint density at radius 2 is 2.15 bits per heavy atom. The molecule has 0 aliphatic heterocycles. The van der Waals surface area contributed by atoms with E-state index >= 15 is 0 Å². The first-order valence-corrected chi connectivity index (χ1v) is 6.17. The minimum atomic E-state index is -0.551. The second-order valence-corrected chi connectivity index (χ2v) is 5.12. The number of rotatable bonds is 2. The van der Waals surface area contributed by atoms with Crippen molar-refractivity contribution in [1.29, 1.82) is 0 Å². The molecule has 1 aromatic rings. The van der Waals surface area contributed by atoms with Crippen molar-refractivity contribution in [2.75, 3.05) is 6.54 Å². The van der Waals surface area contributed by atoms with Crippen molar-refractivity contribution in [1.82, 2.24) is 5.32 Å². The Bertz CT molecular complexity index is 538. The minimum absolute atomic E-state index is 0.126. The molecule has 0 fully saturated rings. The predicted molar refractivity (Wildman–Crippen MR) is 73.4 cm³/mol. The van der Waals surface area contributed by atoms with Crippen LogP contribution in [0.15, 0.2) is 18.2 Å². The van der Waals surface area contributed by atoms with Gasteiger partial charge in [-0.05, 0) is 39.0 Å². The number of amides is 1. The highest BCUT2D eigenvalue weighted by Gasteiger charge is 2.14. The van der Waals surface area contributed by atoms with Crippen LogP contribution < -0.4 is 5.32 Å². The van der Waals surface area contributed by atoms with Crippen LogP contribution in [0.4, 0.5) is 9.18 Å². The van der Waals surface area contributed by atoms with Crippen molar-refractivity contribution in [2.45, 2.75) is 33.0 Å². The van der Waals surface area contributed by atoms with Gasteiger partial charge in [-0.2, -0.15) is 0 Å². The van der Waals surface area contributed by atoms with Crippen molar-refractivity contribution in [3.05, 3.63) is 35.1 Å². The fraction of sp³-hybridized carbons (Fsp3) is 0.400. The topological polar surface area (TPSA) is 58.6 Å². The zero-order chi connectivity index (χ0) is 15.2. The van der Waals surface area contributed by atoms with Gasteiger partial charge in [0.05, 0.1) is 13.2 Å². The molecule has 4 nitrogen and oxygen atoms in total. The third-order valence-corrected chi connectivity index (χ3v) is 2.17. The second kappa shape index (κ2) is 6.92. The van der Waals surface area contributed by atoms with Crippen LogP contribution in [0.1, 0.15) is 31.9 Å². The maximum Gasteiger partial charge on any atom is 0.408 e. The number of aliphatic hydroxyl groups is 1. The van der Waals surface area contributed by atoms with E-state index in [4.69, 9.17) is 9.84 Å². The summed E-state index contributed by atoms with van der Waals surface area (Å²) < 4.78 is 18.2. The van der Waals surface area contributed by atoms with E-state index in [-0.39, 0.29) is 18.7 Å². The van der Waals surface area contributed by atoms with Gasteiger partial charge in [0.2, 0.25) is 0 Å². The molecule has 0 spiro atoms. The van der Waals surface area contributed by atoms with Gasteiger partial charge in [0.25, 0.3) is 0 Å². The summed E-state index contributed by atoms with van der Waals surface area (Å²) in [5.41, 5.74) is 0.211. The van der Waals surface area contributed by atoms with Gasteiger partial charge in [-0.15, -0.1) is 0 Å². The molecule has 0 radical (unpaired) electrons. The lowest BCUT2D eigenvalue weighted by Crippen LogP contribution is -2.32. The molecule has 0 heterocycles. The van der Waals surface area contributed by atoms with Crippen LogP contribution in [-0.2, 0) is 11.3 Å². The van der Waals surface area contributed by atoms with Crippen LogP contribution in [0.3, 0.4) is 0 Å². The molecule has 0 saturated heterocycles. The number of benzene rings is 1. The van der Waals surface area contributed by atoms with Gasteiger partial charge in [-0.3, -0.25) is 0 Å². The van der Waals surface area contributed by atoms with Crippen molar-refractivity contribution in [2.24, 2.45) is 0 Å². The molecular weight excluding hydrogens is 261 g/mol. The van der Waals surface area contributed by atoms with E-state index in [1.165, 1.54) is 18.2 Å². The van der Waals surface area contributed by atoms with Crippen LogP contribution in [0, 0.1) is 17.7 Å². The van der Waals surface area contributed by atoms with E-state index in [1.807, 2.05) is 0 Å². The quantitative estimate of drug-likeness (QED) is 0.816. The van der Waals surface area contributed by atoms with E-state index in [0.29, 0.717) is 5.56 Å². The lowest BCUT2D eigenvalue weighted by atomic mass is 10.1. The minimum Gasteiger partial charge on any atom is -0.444 e. The third kappa shape index (κ3) is 5.72. The largest absolute Gasteiger partial charge is 0.444 e. The molecule has 0 aliphatic carbocycles. The van der Waals surface area contributed by atoms with Gasteiger partial charge in [0, 0.05) is 11.1 Å². The molecule has 0 aromatic heterocycles.